The van der Waals surface area contributed by atoms with Crippen LogP contribution < -0.4 is 5.32 Å². The van der Waals surface area contributed by atoms with Crippen molar-refractivity contribution in [3.8, 4) is 0 Å². The average Bonchev–Trinajstić information content (AvgIpc) is 2.28. The van der Waals surface area contributed by atoms with Crippen molar-refractivity contribution in [3.05, 3.63) is 36.0 Å². The maximum absolute atomic E-state index is 11.0. The van der Waals surface area contributed by atoms with Gasteiger partial charge in [0.25, 0.3) is 0 Å². The molecule has 0 atom stereocenters. The minimum atomic E-state index is -0.167. The van der Waals surface area contributed by atoms with E-state index in [1.807, 2.05) is 0 Å². The second-order valence-electron chi connectivity index (χ2n) is 3.44. The zero-order valence-electron chi connectivity index (χ0n) is 8.73. The third-order valence-electron chi connectivity index (χ3n) is 2.22. The van der Waals surface area contributed by atoms with Crippen molar-refractivity contribution < 1.29 is 9.59 Å². The number of nitrogens with one attached hydrogen (secondary N) is 1. The molecule has 0 saturated heterocycles. The first-order chi connectivity index (χ1) is 7.70. The summed E-state index contributed by atoms with van der Waals surface area (Å²) in [6.45, 7) is 1.43. The van der Waals surface area contributed by atoms with E-state index >= 15 is 0 Å². The summed E-state index contributed by atoms with van der Waals surface area (Å²) < 4.78 is 0. The number of pyridine rings is 1. The van der Waals surface area contributed by atoms with Crippen LogP contribution >= 0.6 is 0 Å². The summed E-state index contributed by atoms with van der Waals surface area (Å²) in [5.74, 6) is 0.349. The molecular formula is C12H10N2O2. The number of rotatable bonds is 2. The lowest BCUT2D eigenvalue weighted by Gasteiger charge is -2.05. The van der Waals surface area contributed by atoms with Gasteiger partial charge < -0.3 is 5.32 Å². The molecule has 1 heterocycles. The van der Waals surface area contributed by atoms with Gasteiger partial charge in [0, 0.05) is 24.1 Å². The first-order valence-electron chi connectivity index (χ1n) is 4.82. The van der Waals surface area contributed by atoms with Crippen LogP contribution in [0.25, 0.3) is 10.8 Å². The summed E-state index contributed by atoms with van der Waals surface area (Å²) in [4.78, 5) is 25.7. The predicted octanol–water partition coefficient (Wildman–Crippen LogP) is 2.01. The van der Waals surface area contributed by atoms with E-state index in [2.05, 4.69) is 10.3 Å². The van der Waals surface area contributed by atoms with Crippen LogP contribution in [0, 0.1) is 0 Å². The molecule has 2 aromatic rings. The number of carbonyl (C=O) groups excluding carboxylic acids is 2. The first-order valence-corrected chi connectivity index (χ1v) is 4.82. The van der Waals surface area contributed by atoms with E-state index < -0.39 is 0 Å². The number of benzene rings is 1. The van der Waals surface area contributed by atoms with Gasteiger partial charge in [0.15, 0.2) is 0 Å². The second-order valence-corrected chi connectivity index (χ2v) is 3.44. The maximum atomic E-state index is 11.0. The topological polar surface area (TPSA) is 59.1 Å². The number of fused-ring (bicyclic) bond motifs is 1. The van der Waals surface area contributed by atoms with Crippen molar-refractivity contribution >= 4 is 28.8 Å². The summed E-state index contributed by atoms with van der Waals surface area (Å²) in [7, 11) is 0. The molecule has 16 heavy (non-hydrogen) atoms. The highest BCUT2D eigenvalue weighted by molar-refractivity contribution is 6.00. The van der Waals surface area contributed by atoms with Gasteiger partial charge in [0.05, 0.1) is 0 Å². The van der Waals surface area contributed by atoms with Crippen molar-refractivity contribution in [1.29, 1.82) is 0 Å². The van der Waals surface area contributed by atoms with Crippen molar-refractivity contribution in [2.75, 3.05) is 5.32 Å². The van der Waals surface area contributed by atoms with Gasteiger partial charge in [0.2, 0.25) is 5.91 Å². The normalized spacial score (nSPS) is 10.1. The molecule has 2 rings (SSSR count). The molecule has 0 fully saturated rings. The highest BCUT2D eigenvalue weighted by atomic mass is 16.1. The van der Waals surface area contributed by atoms with Crippen LogP contribution in [0.3, 0.4) is 0 Å². The number of hydrogen-bond acceptors (Lipinski definition) is 3. The zero-order valence-corrected chi connectivity index (χ0v) is 8.73. The average molecular weight is 214 g/mol. The lowest BCUT2D eigenvalue weighted by Crippen LogP contribution is -2.07. The SMILES string of the molecule is CC(=O)Nc1nccc2cc(C=O)ccc12. The first kappa shape index (κ1) is 10.3. The van der Waals surface area contributed by atoms with Crippen LogP contribution in [-0.4, -0.2) is 17.2 Å². The Kier molecular flexibility index (Phi) is 2.64. The molecule has 4 heteroatoms. The van der Waals surface area contributed by atoms with Crippen LogP contribution in [0.2, 0.25) is 0 Å². The van der Waals surface area contributed by atoms with Crippen LogP contribution in [0.1, 0.15) is 17.3 Å². The van der Waals surface area contributed by atoms with E-state index in [0.29, 0.717) is 11.4 Å². The Hall–Kier alpha value is -2.23. The lowest BCUT2D eigenvalue weighted by atomic mass is 10.1. The monoisotopic (exact) mass is 214 g/mol. The molecule has 0 unspecified atom stereocenters. The van der Waals surface area contributed by atoms with Crippen LogP contribution in [-0.2, 0) is 4.79 Å². The molecule has 0 spiro atoms. The standard InChI is InChI=1S/C12H10N2O2/c1-8(16)14-12-11-3-2-9(7-15)6-10(11)4-5-13-12/h2-7H,1H3,(H,13,14,16). The van der Waals surface area contributed by atoms with Crippen molar-refractivity contribution in [1.82, 2.24) is 4.98 Å². The van der Waals surface area contributed by atoms with E-state index in [4.69, 9.17) is 0 Å². The smallest absolute Gasteiger partial charge is 0.222 e. The van der Waals surface area contributed by atoms with Gasteiger partial charge in [-0.2, -0.15) is 0 Å². The highest BCUT2D eigenvalue weighted by Crippen LogP contribution is 2.21. The molecule has 1 N–H and O–H groups in total. The van der Waals surface area contributed by atoms with Gasteiger partial charge in [-0.15, -0.1) is 0 Å². The fraction of sp³-hybridized carbons (Fsp3) is 0.0833. The molecule has 4 nitrogen and oxygen atoms in total. The van der Waals surface area contributed by atoms with Gasteiger partial charge in [-0.25, -0.2) is 4.98 Å². The summed E-state index contributed by atoms with van der Waals surface area (Å²) in [6, 6.07) is 7.03. The van der Waals surface area contributed by atoms with Gasteiger partial charge in [-0.05, 0) is 23.6 Å². The molecular weight excluding hydrogens is 204 g/mol. The largest absolute Gasteiger partial charge is 0.310 e. The summed E-state index contributed by atoms with van der Waals surface area (Å²) in [5.41, 5.74) is 0.604. The molecule has 0 aliphatic carbocycles. The summed E-state index contributed by atoms with van der Waals surface area (Å²) in [6.07, 6.45) is 2.39. The Labute approximate surface area is 92.3 Å². The van der Waals surface area contributed by atoms with E-state index in [0.717, 1.165) is 17.1 Å². The van der Waals surface area contributed by atoms with E-state index in [1.54, 1.807) is 30.5 Å². The number of carbonyl (C=O) groups is 2. The number of aromatic nitrogens is 1. The Morgan fingerprint density at radius 1 is 1.38 bits per heavy atom. The lowest BCUT2D eigenvalue weighted by molar-refractivity contribution is -0.114. The van der Waals surface area contributed by atoms with Gasteiger partial charge >= 0.3 is 0 Å². The Morgan fingerprint density at radius 3 is 2.88 bits per heavy atom. The summed E-state index contributed by atoms with van der Waals surface area (Å²) in [5, 5.41) is 4.35. The molecule has 1 aromatic carbocycles. The van der Waals surface area contributed by atoms with E-state index in [9.17, 15) is 9.59 Å². The second kappa shape index (κ2) is 4.10. The number of anilines is 1. The number of amides is 1. The van der Waals surface area contributed by atoms with Crippen LogP contribution in [0.5, 0.6) is 0 Å². The van der Waals surface area contributed by atoms with Gasteiger partial charge in [0.1, 0.15) is 12.1 Å². The molecule has 0 saturated carbocycles. The molecule has 0 aliphatic rings. The molecule has 1 aromatic heterocycles. The molecule has 1 amide bonds. The minimum absolute atomic E-state index is 0.167. The maximum Gasteiger partial charge on any atom is 0.222 e. The highest BCUT2D eigenvalue weighted by Gasteiger charge is 2.04. The number of hydrogen-bond donors (Lipinski definition) is 1. The summed E-state index contributed by atoms with van der Waals surface area (Å²) >= 11 is 0. The Bertz CT molecular complexity index is 564. The minimum Gasteiger partial charge on any atom is -0.310 e. The van der Waals surface area contributed by atoms with Crippen molar-refractivity contribution in [3.63, 3.8) is 0 Å². The predicted molar refractivity (Wildman–Crippen MR) is 61.4 cm³/mol. The number of aldehydes is 1. The molecule has 0 aliphatic heterocycles. The van der Waals surface area contributed by atoms with Gasteiger partial charge in [-0.3, -0.25) is 9.59 Å². The third kappa shape index (κ3) is 1.91. The third-order valence-corrected chi connectivity index (χ3v) is 2.22. The van der Waals surface area contributed by atoms with E-state index in [-0.39, 0.29) is 5.91 Å². The van der Waals surface area contributed by atoms with E-state index in [1.165, 1.54) is 6.92 Å². The number of nitrogens with zero attached hydrogens (tertiary/aromatic N) is 1. The van der Waals surface area contributed by atoms with Gasteiger partial charge in [-0.1, -0.05) is 6.07 Å². The zero-order chi connectivity index (χ0) is 11.5. The fourth-order valence-corrected chi connectivity index (χ4v) is 1.54. The van der Waals surface area contributed by atoms with Crippen LogP contribution in [0.15, 0.2) is 30.5 Å². The molecule has 80 valence electrons. The quantitative estimate of drug-likeness (QED) is 0.778. The van der Waals surface area contributed by atoms with Crippen LogP contribution in [0.4, 0.5) is 5.82 Å². The van der Waals surface area contributed by atoms with Crippen molar-refractivity contribution in [2.45, 2.75) is 6.92 Å². The fourth-order valence-electron chi connectivity index (χ4n) is 1.54. The molecule has 0 bridgehead atoms. The Morgan fingerprint density at radius 2 is 2.19 bits per heavy atom. The Balaban J connectivity index is 2.59. The molecule has 0 radical (unpaired) electrons. The van der Waals surface area contributed by atoms with Crippen molar-refractivity contribution in [2.24, 2.45) is 0 Å².